The number of carbonyl (C=O) groups excluding carboxylic acids is 2. The molecule has 0 amide bonds. The number of aliphatic hydroxyl groups excluding tert-OH is 2. The molecule has 186 valence electrons. The minimum absolute atomic E-state index is 0.0179. The van der Waals surface area contributed by atoms with Gasteiger partial charge in [-0.05, 0) is 68.4 Å². The molecule has 0 radical (unpaired) electrons. The minimum atomic E-state index is -1.99. The summed E-state index contributed by atoms with van der Waals surface area (Å²) in [7, 11) is 1.56. The first kappa shape index (κ1) is 24.9. The molecule has 7 nitrogen and oxygen atoms in total. The number of Topliss-reactive ketones (excluding diaryl/α,β-unsaturated/α-hetero) is 1. The van der Waals surface area contributed by atoms with E-state index >= 15 is 0 Å². The molecule has 0 aromatic rings. The Kier molecular flexibility index (Phi) is 5.97. The van der Waals surface area contributed by atoms with Crippen molar-refractivity contribution in [2.45, 2.75) is 66.3 Å². The van der Waals surface area contributed by atoms with Gasteiger partial charge in [-0.25, -0.2) is 4.79 Å². The zero-order valence-corrected chi connectivity index (χ0v) is 21.2. The Bertz CT molecular complexity index is 1030. The molecule has 7 heteroatoms. The molecule has 0 aromatic heterocycles. The van der Waals surface area contributed by atoms with E-state index in [1.165, 1.54) is 6.21 Å². The van der Waals surface area contributed by atoms with E-state index in [9.17, 15) is 19.8 Å². The Hall–Kier alpha value is -2.25. The van der Waals surface area contributed by atoms with Gasteiger partial charge in [-0.3, -0.25) is 9.79 Å². The van der Waals surface area contributed by atoms with Gasteiger partial charge in [0.05, 0.1) is 17.9 Å². The summed E-state index contributed by atoms with van der Waals surface area (Å²) in [5.74, 6) is -2.62. The Morgan fingerprint density at radius 1 is 1.35 bits per heavy atom. The maximum Gasteiger partial charge on any atom is 0.343 e. The van der Waals surface area contributed by atoms with E-state index in [2.05, 4.69) is 18.8 Å². The maximum absolute atomic E-state index is 14.5. The third kappa shape index (κ3) is 3.19. The molecule has 2 saturated carbocycles. The van der Waals surface area contributed by atoms with E-state index < -0.39 is 35.8 Å². The lowest BCUT2D eigenvalue weighted by molar-refractivity contribution is -0.307. The summed E-state index contributed by atoms with van der Waals surface area (Å²) in [4.78, 5) is 32.0. The van der Waals surface area contributed by atoms with Crippen LogP contribution in [0, 0.1) is 34.5 Å². The molecule has 3 aliphatic carbocycles. The van der Waals surface area contributed by atoms with Gasteiger partial charge in [-0.1, -0.05) is 32.4 Å². The van der Waals surface area contributed by atoms with Crippen molar-refractivity contribution >= 4 is 18.0 Å². The Labute approximate surface area is 201 Å². The molecular weight excluding hydrogens is 434 g/mol. The van der Waals surface area contributed by atoms with Crippen molar-refractivity contribution in [2.75, 3.05) is 13.7 Å². The van der Waals surface area contributed by atoms with E-state index in [-0.39, 0.29) is 40.6 Å². The summed E-state index contributed by atoms with van der Waals surface area (Å²) in [5, 5.41) is 22.0. The Morgan fingerprint density at radius 2 is 2.03 bits per heavy atom. The molecule has 2 N–H and O–H groups in total. The van der Waals surface area contributed by atoms with Crippen molar-refractivity contribution in [3.8, 4) is 0 Å². The average Bonchev–Trinajstić information content (AvgIpc) is 3.34. The highest BCUT2D eigenvalue weighted by Crippen LogP contribution is 2.71. The summed E-state index contributed by atoms with van der Waals surface area (Å²) in [6.07, 6.45) is 4.54. The predicted octanol–water partition coefficient (Wildman–Crippen LogP) is 3.36. The first-order valence-corrected chi connectivity index (χ1v) is 12.1. The summed E-state index contributed by atoms with van der Waals surface area (Å²) in [6, 6.07) is 0. The number of hydrogen-bond donors (Lipinski definition) is 2. The van der Waals surface area contributed by atoms with Crippen molar-refractivity contribution in [3.63, 3.8) is 0 Å². The molecule has 6 unspecified atom stereocenters. The molecule has 4 aliphatic rings. The van der Waals surface area contributed by atoms with Crippen LogP contribution in [-0.2, 0) is 19.1 Å². The number of fused-ring (bicyclic) bond motifs is 3. The van der Waals surface area contributed by atoms with Gasteiger partial charge in [0.1, 0.15) is 5.41 Å². The van der Waals surface area contributed by atoms with Gasteiger partial charge in [0.15, 0.2) is 11.9 Å². The fourth-order valence-corrected chi connectivity index (χ4v) is 6.93. The van der Waals surface area contributed by atoms with Gasteiger partial charge in [0.2, 0.25) is 0 Å². The van der Waals surface area contributed by atoms with E-state index in [0.29, 0.717) is 17.3 Å². The fourth-order valence-electron chi connectivity index (χ4n) is 6.93. The smallest absolute Gasteiger partial charge is 0.343 e. The van der Waals surface area contributed by atoms with E-state index in [0.717, 1.165) is 6.42 Å². The summed E-state index contributed by atoms with van der Waals surface area (Å²) >= 11 is 0. The zero-order chi connectivity index (χ0) is 25.2. The number of esters is 1. The van der Waals surface area contributed by atoms with Gasteiger partial charge in [-0.15, -0.1) is 0 Å². The van der Waals surface area contributed by atoms with Crippen molar-refractivity contribution in [3.05, 3.63) is 34.6 Å². The number of allylic oxidation sites excluding steroid dienone is 4. The molecule has 34 heavy (non-hydrogen) atoms. The molecule has 1 heterocycles. The quantitative estimate of drug-likeness (QED) is 0.282. The molecule has 0 saturated heterocycles. The topological polar surface area (TPSA) is 105 Å². The standard InChI is InChI=1S/C27H37NO6/c1-14(2)19(12-28-7)24(32)34-27-22(30)17(13-29)11-18-21-20(25(21,5)6)10-15(3)26(27,23(18)31)9-8-16(4)33-27/h8,11-12,15,18,20-22,29-30H,9-10,13H2,1-7H3/b28-12-/t15-,18?,20?,21?,22?,26?,27?/m1/s1. The van der Waals surface area contributed by atoms with Crippen LogP contribution >= 0.6 is 0 Å². The van der Waals surface area contributed by atoms with Crippen LogP contribution < -0.4 is 0 Å². The molecule has 2 fully saturated rings. The fraction of sp³-hybridized carbons (Fsp3) is 0.667. The maximum atomic E-state index is 14.5. The third-order valence-electron chi connectivity index (χ3n) is 8.91. The number of rotatable bonds is 4. The van der Waals surface area contributed by atoms with Gasteiger partial charge in [-0.2, -0.15) is 0 Å². The van der Waals surface area contributed by atoms with Crippen LogP contribution in [0.1, 0.15) is 54.4 Å². The SMILES string of the molecule is C/N=C\C(C(=O)OC12OC(C)=CCC13C(=O)C(C=C(CO)C2O)C1C(C[C@H]3C)C1(C)C)=C(C)C. The highest BCUT2D eigenvalue weighted by molar-refractivity contribution is 6.10. The number of aliphatic hydroxyl groups is 2. The van der Waals surface area contributed by atoms with Gasteiger partial charge in [0.25, 0.3) is 5.79 Å². The first-order chi connectivity index (χ1) is 15.9. The summed E-state index contributed by atoms with van der Waals surface area (Å²) < 4.78 is 12.4. The number of carbonyl (C=O) groups is 2. The number of hydrogen-bond acceptors (Lipinski definition) is 7. The highest BCUT2D eigenvalue weighted by Gasteiger charge is 2.76. The Morgan fingerprint density at radius 3 is 2.62 bits per heavy atom. The van der Waals surface area contributed by atoms with Crippen LogP contribution in [-0.4, -0.2) is 53.7 Å². The number of nitrogens with zero attached hydrogens (tertiary/aromatic N) is 1. The number of ketones is 1. The largest absolute Gasteiger partial charge is 0.453 e. The highest BCUT2D eigenvalue weighted by atomic mass is 16.7. The van der Waals surface area contributed by atoms with E-state index in [1.54, 1.807) is 33.9 Å². The summed E-state index contributed by atoms with van der Waals surface area (Å²) in [5.41, 5.74) is -0.134. The molecule has 2 bridgehead atoms. The van der Waals surface area contributed by atoms with Crippen molar-refractivity contribution < 1.29 is 29.3 Å². The van der Waals surface area contributed by atoms with Crippen LogP contribution in [0.15, 0.2) is 39.6 Å². The normalized spacial score (nSPS) is 40.0. The zero-order valence-electron chi connectivity index (χ0n) is 21.2. The molecule has 1 aliphatic heterocycles. The van der Waals surface area contributed by atoms with Gasteiger partial charge in [0, 0.05) is 19.2 Å². The number of ether oxygens (including phenoxy) is 2. The van der Waals surface area contributed by atoms with Crippen molar-refractivity contribution in [2.24, 2.45) is 39.5 Å². The van der Waals surface area contributed by atoms with Crippen LogP contribution in [0.2, 0.25) is 0 Å². The molecule has 0 aromatic carbocycles. The van der Waals surface area contributed by atoms with E-state index in [4.69, 9.17) is 9.47 Å². The average molecular weight is 472 g/mol. The van der Waals surface area contributed by atoms with E-state index in [1.807, 2.05) is 13.0 Å². The monoisotopic (exact) mass is 471 g/mol. The van der Waals surface area contributed by atoms with Crippen molar-refractivity contribution in [1.29, 1.82) is 0 Å². The first-order valence-electron chi connectivity index (χ1n) is 12.1. The lowest BCUT2D eigenvalue weighted by Crippen LogP contribution is -2.67. The Balaban J connectivity index is 1.96. The second kappa shape index (κ2) is 8.16. The predicted molar refractivity (Wildman–Crippen MR) is 128 cm³/mol. The second-order valence-electron chi connectivity index (χ2n) is 11.2. The van der Waals surface area contributed by atoms with Crippen molar-refractivity contribution in [1.82, 2.24) is 0 Å². The summed E-state index contributed by atoms with van der Waals surface area (Å²) in [6.45, 7) is 11.1. The lowest BCUT2D eigenvalue weighted by Gasteiger charge is -2.54. The molecular formula is C27H37NO6. The third-order valence-corrected chi connectivity index (χ3v) is 8.91. The lowest BCUT2D eigenvalue weighted by atomic mass is 9.59. The van der Waals surface area contributed by atoms with Crippen LogP contribution in [0.4, 0.5) is 0 Å². The molecule has 7 atom stereocenters. The molecule has 1 spiro atoms. The minimum Gasteiger partial charge on any atom is -0.453 e. The van der Waals surface area contributed by atoms with Gasteiger partial charge >= 0.3 is 5.97 Å². The van der Waals surface area contributed by atoms with Crippen LogP contribution in [0.25, 0.3) is 0 Å². The second-order valence-corrected chi connectivity index (χ2v) is 11.2. The number of aliphatic imine (C=N–C) groups is 1. The van der Waals surface area contributed by atoms with Crippen LogP contribution in [0.5, 0.6) is 0 Å². The van der Waals surface area contributed by atoms with Gasteiger partial charge < -0.3 is 19.7 Å². The molecule has 4 rings (SSSR count). The van der Waals surface area contributed by atoms with Crippen LogP contribution in [0.3, 0.4) is 0 Å².